The Morgan fingerprint density at radius 3 is 2.67 bits per heavy atom. The summed E-state index contributed by atoms with van der Waals surface area (Å²) in [5.41, 5.74) is -0.131. The predicted octanol–water partition coefficient (Wildman–Crippen LogP) is 1.73. The average Bonchev–Trinajstić information content (AvgIpc) is 2.97. The second kappa shape index (κ2) is 3.78. The molecule has 3 heteroatoms. The van der Waals surface area contributed by atoms with Gasteiger partial charge in [-0.2, -0.15) is 0 Å². The van der Waals surface area contributed by atoms with E-state index in [-0.39, 0.29) is 11.7 Å². The summed E-state index contributed by atoms with van der Waals surface area (Å²) in [4.78, 5) is 14.2. The van der Waals surface area contributed by atoms with Crippen LogP contribution in [0, 0.1) is 5.92 Å². The summed E-state index contributed by atoms with van der Waals surface area (Å²) in [6, 6.07) is 0. The number of carbonyl (C=O) groups excluding carboxylic acids is 1. The predicted molar refractivity (Wildman–Crippen MR) is 60.3 cm³/mol. The van der Waals surface area contributed by atoms with Gasteiger partial charge in [-0.05, 0) is 25.2 Å². The van der Waals surface area contributed by atoms with Gasteiger partial charge in [-0.25, -0.2) is 0 Å². The van der Waals surface area contributed by atoms with Crippen molar-refractivity contribution in [1.82, 2.24) is 10.2 Å². The lowest BCUT2D eigenvalue weighted by molar-refractivity contribution is -0.131. The largest absolute Gasteiger partial charge is 0.325 e. The zero-order chi connectivity index (χ0) is 11.1. The van der Waals surface area contributed by atoms with E-state index in [2.05, 4.69) is 31.0 Å². The van der Waals surface area contributed by atoms with Crippen LogP contribution in [0.15, 0.2) is 0 Å². The third-order valence-corrected chi connectivity index (χ3v) is 3.83. The molecule has 2 atom stereocenters. The summed E-state index contributed by atoms with van der Waals surface area (Å²) in [6.45, 7) is 7.48. The lowest BCUT2D eigenvalue weighted by Gasteiger charge is -2.25. The molecule has 2 unspecified atom stereocenters. The van der Waals surface area contributed by atoms with Gasteiger partial charge in [0.2, 0.25) is 5.91 Å². The van der Waals surface area contributed by atoms with E-state index in [1.54, 1.807) is 0 Å². The van der Waals surface area contributed by atoms with Crippen LogP contribution in [0.2, 0.25) is 0 Å². The van der Waals surface area contributed by atoms with E-state index in [1.165, 1.54) is 0 Å². The fourth-order valence-corrected chi connectivity index (χ4v) is 2.36. The van der Waals surface area contributed by atoms with Crippen molar-refractivity contribution in [2.24, 2.45) is 5.92 Å². The average molecular weight is 210 g/mol. The van der Waals surface area contributed by atoms with E-state index >= 15 is 0 Å². The van der Waals surface area contributed by atoms with Crippen molar-refractivity contribution in [3.63, 3.8) is 0 Å². The highest BCUT2D eigenvalue weighted by Gasteiger charge is 2.58. The van der Waals surface area contributed by atoms with Gasteiger partial charge in [0, 0.05) is 6.54 Å². The van der Waals surface area contributed by atoms with Crippen LogP contribution in [0.4, 0.5) is 0 Å². The fourth-order valence-electron chi connectivity index (χ4n) is 2.36. The van der Waals surface area contributed by atoms with Gasteiger partial charge in [0.25, 0.3) is 0 Å². The molecular formula is C12H22N2O. The van der Waals surface area contributed by atoms with Gasteiger partial charge in [-0.1, -0.05) is 27.2 Å². The Labute approximate surface area is 92.2 Å². The van der Waals surface area contributed by atoms with Crippen LogP contribution in [0.1, 0.15) is 46.5 Å². The number of hydrogen-bond acceptors (Lipinski definition) is 2. The summed E-state index contributed by atoms with van der Waals surface area (Å²) < 4.78 is 0. The van der Waals surface area contributed by atoms with E-state index in [1.807, 2.05) is 0 Å². The second-order valence-electron chi connectivity index (χ2n) is 5.12. The third-order valence-electron chi connectivity index (χ3n) is 3.83. The van der Waals surface area contributed by atoms with Gasteiger partial charge in [0.15, 0.2) is 0 Å². The molecule has 1 amide bonds. The molecule has 0 bridgehead atoms. The van der Waals surface area contributed by atoms with E-state index < -0.39 is 0 Å². The van der Waals surface area contributed by atoms with Crippen molar-refractivity contribution in [3.8, 4) is 0 Å². The van der Waals surface area contributed by atoms with Crippen LogP contribution in [0.25, 0.3) is 0 Å². The minimum Gasteiger partial charge on any atom is -0.325 e. The molecule has 1 N–H and O–H groups in total. The normalized spacial score (nSPS) is 29.9. The molecule has 86 valence electrons. The van der Waals surface area contributed by atoms with E-state index in [4.69, 9.17) is 0 Å². The lowest BCUT2D eigenvalue weighted by atomic mass is 10.1. The first-order chi connectivity index (χ1) is 7.13. The van der Waals surface area contributed by atoms with Crippen LogP contribution < -0.4 is 5.32 Å². The van der Waals surface area contributed by atoms with E-state index in [0.717, 1.165) is 32.2 Å². The van der Waals surface area contributed by atoms with Crippen molar-refractivity contribution in [2.45, 2.75) is 58.2 Å². The van der Waals surface area contributed by atoms with Crippen LogP contribution in [-0.2, 0) is 4.79 Å². The Hall–Kier alpha value is -0.570. The molecular weight excluding hydrogens is 188 g/mol. The van der Waals surface area contributed by atoms with Crippen molar-refractivity contribution in [2.75, 3.05) is 6.54 Å². The highest BCUT2D eigenvalue weighted by Crippen LogP contribution is 2.42. The molecule has 0 aromatic rings. The highest BCUT2D eigenvalue weighted by atomic mass is 16.2. The monoisotopic (exact) mass is 210 g/mol. The Morgan fingerprint density at radius 2 is 2.20 bits per heavy atom. The van der Waals surface area contributed by atoms with E-state index in [9.17, 15) is 4.79 Å². The Balaban J connectivity index is 2.04. The smallest absolute Gasteiger partial charge is 0.244 e. The number of hydrogen-bond donors (Lipinski definition) is 1. The van der Waals surface area contributed by atoms with Gasteiger partial charge in [0.1, 0.15) is 0 Å². The number of rotatable bonds is 4. The molecule has 3 nitrogen and oxygen atoms in total. The van der Waals surface area contributed by atoms with Crippen molar-refractivity contribution < 1.29 is 4.79 Å². The van der Waals surface area contributed by atoms with Crippen LogP contribution in [-0.4, -0.2) is 29.1 Å². The maximum atomic E-state index is 12.2. The molecule has 1 saturated heterocycles. The van der Waals surface area contributed by atoms with Crippen LogP contribution >= 0.6 is 0 Å². The molecule has 2 aliphatic rings. The number of nitrogens with zero attached hydrogens (tertiary/aromatic N) is 1. The second-order valence-corrected chi connectivity index (χ2v) is 5.12. The summed E-state index contributed by atoms with van der Waals surface area (Å²) in [5, 5.41) is 3.50. The first-order valence-electron chi connectivity index (χ1n) is 6.21. The lowest BCUT2D eigenvalue weighted by Crippen LogP contribution is -2.39. The first-order valence-corrected chi connectivity index (χ1v) is 6.21. The van der Waals surface area contributed by atoms with Gasteiger partial charge in [-0.3, -0.25) is 10.1 Å². The third kappa shape index (κ3) is 1.78. The van der Waals surface area contributed by atoms with Gasteiger partial charge >= 0.3 is 0 Å². The minimum absolute atomic E-state index is 0.131. The molecule has 2 fully saturated rings. The Bertz CT molecular complexity index is 260. The summed E-state index contributed by atoms with van der Waals surface area (Å²) >= 11 is 0. The summed E-state index contributed by atoms with van der Waals surface area (Å²) in [6.07, 6.45) is 4.53. The van der Waals surface area contributed by atoms with Crippen LogP contribution in [0.5, 0.6) is 0 Å². The quantitative estimate of drug-likeness (QED) is 0.766. The van der Waals surface area contributed by atoms with Crippen molar-refractivity contribution in [1.29, 1.82) is 0 Å². The molecule has 2 rings (SSSR count). The van der Waals surface area contributed by atoms with Crippen molar-refractivity contribution >= 4 is 5.91 Å². The summed E-state index contributed by atoms with van der Waals surface area (Å²) in [7, 11) is 0. The molecule has 0 radical (unpaired) electrons. The van der Waals surface area contributed by atoms with Crippen LogP contribution in [0.3, 0.4) is 0 Å². The van der Waals surface area contributed by atoms with Gasteiger partial charge in [-0.15, -0.1) is 0 Å². The Morgan fingerprint density at radius 1 is 1.53 bits per heavy atom. The Kier molecular flexibility index (Phi) is 2.75. The number of carbonyl (C=O) groups is 1. The van der Waals surface area contributed by atoms with Crippen molar-refractivity contribution in [3.05, 3.63) is 0 Å². The maximum Gasteiger partial charge on any atom is 0.244 e. The molecule has 1 aliphatic heterocycles. The molecule has 0 aromatic heterocycles. The number of nitrogens with one attached hydrogen (secondary N) is 1. The molecule has 1 aliphatic carbocycles. The topological polar surface area (TPSA) is 32.3 Å². The van der Waals surface area contributed by atoms with Gasteiger partial charge < -0.3 is 4.90 Å². The summed E-state index contributed by atoms with van der Waals surface area (Å²) in [5.74, 6) is 0.966. The fraction of sp³-hybridized carbons (Fsp3) is 0.917. The van der Waals surface area contributed by atoms with E-state index in [0.29, 0.717) is 11.8 Å². The minimum atomic E-state index is -0.131. The van der Waals surface area contributed by atoms with Gasteiger partial charge in [0.05, 0.1) is 11.7 Å². The zero-order valence-electron chi connectivity index (χ0n) is 10.0. The molecule has 0 aromatic carbocycles. The zero-order valence-corrected chi connectivity index (χ0v) is 10.0. The molecule has 1 spiro atoms. The SMILES string of the molecule is CCC(C)CN1C(=O)C2(CC2)NC1CC. The number of amides is 1. The molecule has 1 saturated carbocycles. The molecule has 1 heterocycles. The highest BCUT2D eigenvalue weighted by molar-refractivity contribution is 5.91. The first kappa shape index (κ1) is 10.9. The standard InChI is InChI=1S/C12H22N2O/c1-4-9(3)8-14-10(5-2)13-12(6-7-12)11(14)15/h9-10,13H,4-8H2,1-3H3. The maximum absolute atomic E-state index is 12.2. The molecule has 15 heavy (non-hydrogen) atoms.